The maximum atomic E-state index is 13.0. The lowest BCUT2D eigenvalue weighted by Crippen LogP contribution is -2.13. The zero-order chi connectivity index (χ0) is 21.5. The summed E-state index contributed by atoms with van der Waals surface area (Å²) < 4.78 is 18.6. The van der Waals surface area contributed by atoms with Crippen LogP contribution in [-0.2, 0) is 11.4 Å². The zero-order valence-corrected chi connectivity index (χ0v) is 16.4. The van der Waals surface area contributed by atoms with E-state index in [0.29, 0.717) is 22.0 Å². The minimum atomic E-state index is -0.587. The number of hydrogen-bond acceptors (Lipinski definition) is 4. The summed E-state index contributed by atoms with van der Waals surface area (Å²) in [5, 5.41) is 21.5. The lowest BCUT2D eigenvalue weighted by Gasteiger charge is -2.09. The van der Waals surface area contributed by atoms with E-state index in [-0.39, 0.29) is 23.7 Å². The SMILES string of the molecule is N#C/C(=C\c1ccc(OCc2ccc(F)cc2)c(Cl)c1)C(=O)Nc1ccc(O)cc1. The fraction of sp³-hybridized carbons (Fsp3) is 0.0435. The molecular formula is C23H16ClFN2O3. The Morgan fingerprint density at radius 3 is 2.47 bits per heavy atom. The summed E-state index contributed by atoms with van der Waals surface area (Å²) >= 11 is 6.25. The van der Waals surface area contributed by atoms with Gasteiger partial charge in [-0.3, -0.25) is 4.79 Å². The first-order valence-electron chi connectivity index (χ1n) is 8.83. The molecule has 0 unspecified atom stereocenters. The molecule has 150 valence electrons. The van der Waals surface area contributed by atoms with Gasteiger partial charge in [-0.25, -0.2) is 4.39 Å². The van der Waals surface area contributed by atoms with Gasteiger partial charge in [-0.05, 0) is 65.7 Å². The van der Waals surface area contributed by atoms with Crippen molar-refractivity contribution in [1.29, 1.82) is 5.26 Å². The highest BCUT2D eigenvalue weighted by Crippen LogP contribution is 2.27. The third kappa shape index (κ3) is 5.60. The van der Waals surface area contributed by atoms with Crippen LogP contribution in [0.1, 0.15) is 11.1 Å². The highest BCUT2D eigenvalue weighted by Gasteiger charge is 2.11. The average molecular weight is 423 g/mol. The number of phenols is 1. The summed E-state index contributed by atoms with van der Waals surface area (Å²) in [6, 6.07) is 18.6. The van der Waals surface area contributed by atoms with Gasteiger partial charge >= 0.3 is 0 Å². The van der Waals surface area contributed by atoms with Gasteiger partial charge < -0.3 is 15.2 Å². The Balaban J connectivity index is 1.69. The van der Waals surface area contributed by atoms with Crippen molar-refractivity contribution in [2.45, 2.75) is 6.61 Å². The van der Waals surface area contributed by atoms with Gasteiger partial charge in [0.05, 0.1) is 5.02 Å². The lowest BCUT2D eigenvalue weighted by atomic mass is 10.1. The Kier molecular flexibility index (Phi) is 6.68. The van der Waals surface area contributed by atoms with Crippen molar-refractivity contribution in [3.8, 4) is 17.6 Å². The van der Waals surface area contributed by atoms with Crippen LogP contribution in [0.2, 0.25) is 5.02 Å². The van der Waals surface area contributed by atoms with Gasteiger partial charge in [-0.2, -0.15) is 5.26 Å². The minimum absolute atomic E-state index is 0.0698. The van der Waals surface area contributed by atoms with E-state index in [9.17, 15) is 19.6 Å². The number of nitrogens with zero attached hydrogens (tertiary/aromatic N) is 1. The van der Waals surface area contributed by atoms with Gasteiger partial charge in [-0.15, -0.1) is 0 Å². The highest BCUT2D eigenvalue weighted by atomic mass is 35.5. The number of aromatic hydroxyl groups is 1. The van der Waals surface area contributed by atoms with Crippen molar-refractivity contribution in [2.24, 2.45) is 0 Å². The van der Waals surface area contributed by atoms with Crippen LogP contribution in [-0.4, -0.2) is 11.0 Å². The summed E-state index contributed by atoms with van der Waals surface area (Å²) in [5.74, 6) is -0.419. The molecule has 2 N–H and O–H groups in total. The van der Waals surface area contributed by atoms with E-state index < -0.39 is 5.91 Å². The van der Waals surface area contributed by atoms with Gasteiger partial charge in [-0.1, -0.05) is 29.8 Å². The number of nitrogens with one attached hydrogen (secondary N) is 1. The van der Waals surface area contributed by atoms with Crippen molar-refractivity contribution in [2.75, 3.05) is 5.32 Å². The van der Waals surface area contributed by atoms with E-state index >= 15 is 0 Å². The minimum Gasteiger partial charge on any atom is -0.508 e. The number of carbonyl (C=O) groups excluding carboxylic acids is 1. The van der Waals surface area contributed by atoms with Crippen LogP contribution in [0.5, 0.6) is 11.5 Å². The number of anilines is 1. The molecule has 3 rings (SSSR count). The molecule has 0 aliphatic rings. The van der Waals surface area contributed by atoms with Crippen LogP contribution in [0.4, 0.5) is 10.1 Å². The summed E-state index contributed by atoms with van der Waals surface area (Å²) in [6.45, 7) is 0.216. The number of halogens is 2. The largest absolute Gasteiger partial charge is 0.508 e. The maximum Gasteiger partial charge on any atom is 0.266 e. The molecule has 0 atom stereocenters. The van der Waals surface area contributed by atoms with Gasteiger partial charge in [0.2, 0.25) is 0 Å². The third-order valence-electron chi connectivity index (χ3n) is 4.06. The summed E-state index contributed by atoms with van der Waals surface area (Å²) in [7, 11) is 0. The Bertz CT molecular complexity index is 1120. The molecule has 0 saturated carbocycles. The molecule has 0 saturated heterocycles. The van der Waals surface area contributed by atoms with Crippen molar-refractivity contribution in [3.05, 3.63) is 94.3 Å². The molecule has 0 fully saturated rings. The number of hydrogen-bond donors (Lipinski definition) is 2. The van der Waals surface area contributed by atoms with Crippen LogP contribution in [0.3, 0.4) is 0 Å². The molecule has 0 bridgehead atoms. The summed E-state index contributed by atoms with van der Waals surface area (Å²) in [4.78, 5) is 12.3. The van der Waals surface area contributed by atoms with Crippen molar-refractivity contribution >= 4 is 29.3 Å². The van der Waals surface area contributed by atoms with E-state index in [1.54, 1.807) is 30.3 Å². The Hall–Kier alpha value is -3.82. The van der Waals surface area contributed by atoms with E-state index in [2.05, 4.69) is 5.32 Å². The number of amides is 1. The number of phenolic OH excluding ortho intramolecular Hbond substituents is 1. The predicted molar refractivity (Wildman–Crippen MR) is 113 cm³/mol. The lowest BCUT2D eigenvalue weighted by molar-refractivity contribution is -0.112. The number of carbonyl (C=O) groups is 1. The molecule has 5 nitrogen and oxygen atoms in total. The van der Waals surface area contributed by atoms with Crippen molar-refractivity contribution in [1.82, 2.24) is 0 Å². The Labute approximate surface area is 177 Å². The van der Waals surface area contributed by atoms with Crippen LogP contribution in [0.25, 0.3) is 6.08 Å². The topological polar surface area (TPSA) is 82.3 Å². The molecule has 3 aromatic carbocycles. The zero-order valence-electron chi connectivity index (χ0n) is 15.6. The fourth-order valence-corrected chi connectivity index (χ4v) is 2.77. The molecule has 3 aromatic rings. The molecule has 0 spiro atoms. The Morgan fingerprint density at radius 1 is 1.13 bits per heavy atom. The number of rotatable bonds is 6. The standard InChI is InChI=1S/C23H16ClFN2O3/c24-21-12-16(3-10-22(21)30-14-15-1-4-18(25)5-2-15)11-17(13-26)23(29)27-19-6-8-20(28)9-7-19/h1-12,28H,14H2,(H,27,29)/b17-11+. The molecule has 0 radical (unpaired) electrons. The van der Waals surface area contributed by atoms with Crippen LogP contribution >= 0.6 is 11.6 Å². The van der Waals surface area contributed by atoms with Crippen LogP contribution in [0, 0.1) is 17.1 Å². The number of ether oxygens (including phenoxy) is 1. The molecule has 7 heteroatoms. The van der Waals surface area contributed by atoms with Gasteiger partial charge in [0, 0.05) is 5.69 Å². The first-order chi connectivity index (χ1) is 14.4. The Morgan fingerprint density at radius 2 is 1.83 bits per heavy atom. The smallest absolute Gasteiger partial charge is 0.266 e. The van der Waals surface area contributed by atoms with Crippen molar-refractivity contribution < 1.29 is 19.0 Å². The van der Waals surface area contributed by atoms with E-state index in [1.165, 1.54) is 42.5 Å². The maximum absolute atomic E-state index is 13.0. The predicted octanol–water partition coefficient (Wildman–Crippen LogP) is 5.31. The molecule has 30 heavy (non-hydrogen) atoms. The monoisotopic (exact) mass is 422 g/mol. The first-order valence-corrected chi connectivity index (χ1v) is 9.21. The molecule has 1 amide bonds. The van der Waals surface area contributed by atoms with E-state index in [0.717, 1.165) is 5.56 Å². The fourth-order valence-electron chi connectivity index (χ4n) is 2.52. The van der Waals surface area contributed by atoms with Gasteiger partial charge in [0.25, 0.3) is 5.91 Å². The van der Waals surface area contributed by atoms with Gasteiger partial charge in [0.15, 0.2) is 0 Å². The third-order valence-corrected chi connectivity index (χ3v) is 4.36. The van der Waals surface area contributed by atoms with Crippen LogP contribution in [0.15, 0.2) is 72.3 Å². The van der Waals surface area contributed by atoms with Crippen molar-refractivity contribution in [3.63, 3.8) is 0 Å². The summed E-state index contributed by atoms with van der Waals surface area (Å²) in [6.07, 6.45) is 1.41. The molecule has 0 heterocycles. The average Bonchev–Trinajstić information content (AvgIpc) is 2.74. The second-order valence-corrected chi connectivity index (χ2v) is 6.68. The second-order valence-electron chi connectivity index (χ2n) is 6.28. The molecule has 0 aromatic heterocycles. The first kappa shape index (κ1) is 20.9. The highest BCUT2D eigenvalue weighted by molar-refractivity contribution is 6.32. The van der Waals surface area contributed by atoms with E-state index in [4.69, 9.17) is 16.3 Å². The quantitative estimate of drug-likeness (QED) is 0.320. The summed E-state index contributed by atoms with van der Waals surface area (Å²) in [5.41, 5.74) is 1.67. The second kappa shape index (κ2) is 9.59. The normalized spacial score (nSPS) is 10.9. The molecule has 0 aliphatic heterocycles. The van der Waals surface area contributed by atoms with E-state index in [1.807, 2.05) is 6.07 Å². The number of nitriles is 1. The molecular weight excluding hydrogens is 407 g/mol. The molecule has 0 aliphatic carbocycles. The van der Waals surface area contributed by atoms with Crippen LogP contribution < -0.4 is 10.1 Å². The number of benzene rings is 3. The van der Waals surface area contributed by atoms with Gasteiger partial charge in [0.1, 0.15) is 35.6 Å².